The minimum absolute atomic E-state index is 0. The summed E-state index contributed by atoms with van der Waals surface area (Å²) in [5, 5.41) is 6.37. The van der Waals surface area contributed by atoms with Crippen LogP contribution in [-0.2, 0) is 16.0 Å². The number of rotatable bonds is 8. The Kier molecular flexibility index (Phi) is 11.7. The fraction of sp³-hybridized carbons (Fsp3) is 0.652. The molecule has 2 N–H and O–H groups in total. The summed E-state index contributed by atoms with van der Waals surface area (Å²) in [6.07, 6.45) is 2.45. The molecule has 9 heteroatoms. The quantitative estimate of drug-likeness (QED) is 0.288. The fourth-order valence-corrected chi connectivity index (χ4v) is 3.89. The number of carbonyl (C=O) groups excluding carboxylic acids is 1. The number of guanidine groups is 1. The third-order valence-electron chi connectivity index (χ3n) is 5.55. The van der Waals surface area contributed by atoms with E-state index in [1.165, 1.54) is 0 Å². The Hall–Kier alpha value is -1.43. The summed E-state index contributed by atoms with van der Waals surface area (Å²) < 4.78 is 11.8. The zero-order chi connectivity index (χ0) is 22.1. The topological polar surface area (TPSA) is 78.4 Å². The second-order valence-corrected chi connectivity index (χ2v) is 8.34. The van der Waals surface area contributed by atoms with Crippen LogP contribution in [0.3, 0.4) is 0 Å². The van der Waals surface area contributed by atoms with Gasteiger partial charge in [0.15, 0.2) is 5.96 Å². The third kappa shape index (κ3) is 8.17. The minimum Gasteiger partial charge on any atom is -0.375 e. The van der Waals surface area contributed by atoms with Crippen molar-refractivity contribution in [2.24, 2.45) is 4.99 Å². The van der Waals surface area contributed by atoms with Crippen LogP contribution in [0.25, 0.3) is 0 Å². The third-order valence-corrected chi connectivity index (χ3v) is 5.55. The number of morpholine rings is 1. The van der Waals surface area contributed by atoms with Crippen molar-refractivity contribution in [1.82, 2.24) is 20.4 Å². The zero-order valence-electron chi connectivity index (χ0n) is 19.5. The van der Waals surface area contributed by atoms with Gasteiger partial charge in [-0.2, -0.15) is 0 Å². The van der Waals surface area contributed by atoms with Gasteiger partial charge in [0.2, 0.25) is 0 Å². The number of hydrogen-bond acceptors (Lipinski definition) is 5. The number of halogens is 1. The largest absolute Gasteiger partial charge is 0.375 e. The van der Waals surface area contributed by atoms with Crippen molar-refractivity contribution < 1.29 is 14.3 Å². The first-order chi connectivity index (χ1) is 15.1. The van der Waals surface area contributed by atoms with Crippen LogP contribution in [0.4, 0.5) is 0 Å². The van der Waals surface area contributed by atoms with Gasteiger partial charge >= 0.3 is 0 Å². The minimum atomic E-state index is -0.0489. The Bertz CT molecular complexity index is 740. The van der Waals surface area contributed by atoms with Crippen LogP contribution in [0, 0.1) is 0 Å². The standard InChI is InChI=1S/C23H37N5O3.HI/c1-4-24-23(28-12-14-31-21(17-28)20-9-6-13-30-20)26-16-18-7-5-8-19(15-18)22(29)25-10-11-27(2)3;/h5,7-8,15,20-21H,4,6,9-14,16-17H2,1-3H3,(H,24,26)(H,25,29);1H. The van der Waals surface area contributed by atoms with Crippen molar-refractivity contribution in [1.29, 1.82) is 0 Å². The first-order valence-electron chi connectivity index (χ1n) is 11.3. The first kappa shape index (κ1) is 26.8. The summed E-state index contributed by atoms with van der Waals surface area (Å²) in [6.45, 7) is 7.93. The maximum atomic E-state index is 12.4. The van der Waals surface area contributed by atoms with Crippen molar-refractivity contribution in [2.45, 2.75) is 38.5 Å². The molecule has 2 fully saturated rings. The van der Waals surface area contributed by atoms with Gasteiger partial charge in [-0.1, -0.05) is 12.1 Å². The molecule has 1 aromatic rings. The van der Waals surface area contributed by atoms with E-state index >= 15 is 0 Å². The average molecular weight is 559 g/mol. The molecule has 180 valence electrons. The van der Waals surface area contributed by atoms with Crippen LogP contribution in [0.5, 0.6) is 0 Å². The predicted octanol–water partition coefficient (Wildman–Crippen LogP) is 1.94. The maximum absolute atomic E-state index is 12.4. The number of hydrogen-bond donors (Lipinski definition) is 2. The van der Waals surface area contributed by atoms with Crippen molar-refractivity contribution in [2.75, 3.05) is 60.0 Å². The molecule has 0 aliphatic carbocycles. The van der Waals surface area contributed by atoms with Crippen molar-refractivity contribution in [3.8, 4) is 0 Å². The Morgan fingerprint density at radius 3 is 2.75 bits per heavy atom. The van der Waals surface area contributed by atoms with E-state index in [9.17, 15) is 4.79 Å². The average Bonchev–Trinajstić information content (AvgIpc) is 3.32. The van der Waals surface area contributed by atoms with Gasteiger partial charge in [-0.25, -0.2) is 4.99 Å². The smallest absolute Gasteiger partial charge is 0.251 e. The van der Waals surface area contributed by atoms with E-state index in [-0.39, 0.29) is 42.1 Å². The molecule has 2 saturated heterocycles. The number of likely N-dealkylation sites (N-methyl/N-ethyl adjacent to an activating group) is 1. The monoisotopic (exact) mass is 559 g/mol. The first-order valence-corrected chi connectivity index (χ1v) is 11.3. The summed E-state index contributed by atoms with van der Waals surface area (Å²) in [6, 6.07) is 7.70. The summed E-state index contributed by atoms with van der Waals surface area (Å²) in [5.74, 6) is 0.835. The number of carbonyl (C=O) groups is 1. The van der Waals surface area contributed by atoms with Crippen LogP contribution in [0.1, 0.15) is 35.7 Å². The molecular formula is C23H38IN5O3. The predicted molar refractivity (Wildman–Crippen MR) is 138 cm³/mol. The van der Waals surface area contributed by atoms with Gasteiger partial charge in [0, 0.05) is 44.9 Å². The highest BCUT2D eigenvalue weighted by Crippen LogP contribution is 2.21. The lowest BCUT2D eigenvalue weighted by molar-refractivity contribution is -0.0817. The highest BCUT2D eigenvalue weighted by molar-refractivity contribution is 14.0. The molecule has 1 amide bonds. The molecule has 32 heavy (non-hydrogen) atoms. The molecule has 2 heterocycles. The highest BCUT2D eigenvalue weighted by atomic mass is 127. The summed E-state index contributed by atoms with van der Waals surface area (Å²) in [5.41, 5.74) is 1.68. The number of nitrogens with one attached hydrogen (secondary N) is 2. The normalized spacial score (nSPS) is 21.4. The number of nitrogens with zero attached hydrogens (tertiary/aromatic N) is 3. The molecule has 2 atom stereocenters. The van der Waals surface area contributed by atoms with E-state index in [0.717, 1.165) is 57.2 Å². The molecule has 0 bridgehead atoms. The summed E-state index contributed by atoms with van der Waals surface area (Å²) in [7, 11) is 3.98. The van der Waals surface area contributed by atoms with E-state index in [2.05, 4.69) is 22.5 Å². The highest BCUT2D eigenvalue weighted by Gasteiger charge is 2.32. The number of aliphatic imine (C=N–C) groups is 1. The number of benzene rings is 1. The van der Waals surface area contributed by atoms with Crippen LogP contribution in [0.2, 0.25) is 0 Å². The Labute approximate surface area is 209 Å². The lowest BCUT2D eigenvalue weighted by Gasteiger charge is -2.37. The van der Waals surface area contributed by atoms with Crippen molar-refractivity contribution in [3.63, 3.8) is 0 Å². The van der Waals surface area contributed by atoms with Crippen LogP contribution in [0.15, 0.2) is 29.3 Å². The molecule has 0 saturated carbocycles. The molecular weight excluding hydrogens is 521 g/mol. The van der Waals surface area contributed by atoms with Gasteiger partial charge < -0.3 is 29.9 Å². The molecule has 0 spiro atoms. The fourth-order valence-electron chi connectivity index (χ4n) is 3.89. The Morgan fingerprint density at radius 2 is 2.03 bits per heavy atom. The van der Waals surface area contributed by atoms with Gasteiger partial charge in [-0.3, -0.25) is 4.79 Å². The van der Waals surface area contributed by atoms with Gasteiger partial charge in [-0.05, 0) is 51.6 Å². The number of ether oxygens (including phenoxy) is 2. The second-order valence-electron chi connectivity index (χ2n) is 8.34. The summed E-state index contributed by atoms with van der Waals surface area (Å²) >= 11 is 0. The molecule has 2 aliphatic heterocycles. The summed E-state index contributed by atoms with van der Waals surface area (Å²) in [4.78, 5) is 21.6. The maximum Gasteiger partial charge on any atom is 0.251 e. The second kappa shape index (κ2) is 14.0. The van der Waals surface area contributed by atoms with E-state index in [4.69, 9.17) is 14.5 Å². The van der Waals surface area contributed by atoms with Gasteiger partial charge in [-0.15, -0.1) is 24.0 Å². The van der Waals surface area contributed by atoms with E-state index in [0.29, 0.717) is 25.3 Å². The molecule has 2 aliphatic rings. The molecule has 3 rings (SSSR count). The Balaban J connectivity index is 0.00000363. The van der Waals surface area contributed by atoms with Crippen molar-refractivity contribution in [3.05, 3.63) is 35.4 Å². The van der Waals surface area contributed by atoms with Crippen LogP contribution >= 0.6 is 24.0 Å². The molecule has 2 unspecified atom stereocenters. The molecule has 0 aromatic heterocycles. The SMILES string of the molecule is CCNC(=NCc1cccc(C(=O)NCCN(C)C)c1)N1CCOC(C2CCCO2)C1.I. The van der Waals surface area contributed by atoms with E-state index in [1.807, 2.05) is 43.3 Å². The zero-order valence-corrected chi connectivity index (χ0v) is 21.8. The van der Waals surface area contributed by atoms with Gasteiger partial charge in [0.25, 0.3) is 5.91 Å². The van der Waals surface area contributed by atoms with Gasteiger partial charge in [0.1, 0.15) is 6.10 Å². The van der Waals surface area contributed by atoms with E-state index in [1.54, 1.807) is 0 Å². The Morgan fingerprint density at radius 1 is 1.22 bits per heavy atom. The lowest BCUT2D eigenvalue weighted by atomic mass is 10.1. The van der Waals surface area contributed by atoms with Crippen molar-refractivity contribution >= 4 is 35.8 Å². The molecule has 0 radical (unpaired) electrons. The van der Waals surface area contributed by atoms with Crippen LogP contribution < -0.4 is 10.6 Å². The molecule has 8 nitrogen and oxygen atoms in total. The number of amides is 1. The van der Waals surface area contributed by atoms with E-state index < -0.39 is 0 Å². The lowest BCUT2D eigenvalue weighted by Crippen LogP contribution is -2.53. The molecule has 1 aromatic carbocycles. The van der Waals surface area contributed by atoms with Gasteiger partial charge in [0.05, 0.1) is 19.3 Å². The van der Waals surface area contributed by atoms with Crippen LogP contribution in [-0.4, -0.2) is 93.9 Å².